The molecular weight excluding hydrogens is 318 g/mol. The molecule has 7 nitrogen and oxygen atoms in total. The van der Waals surface area contributed by atoms with Crippen molar-refractivity contribution in [1.29, 1.82) is 0 Å². The van der Waals surface area contributed by atoms with E-state index in [-0.39, 0.29) is 17.0 Å². The molecule has 1 fully saturated rings. The molecule has 2 heterocycles. The third-order valence-electron chi connectivity index (χ3n) is 4.76. The topological polar surface area (TPSA) is 74.9 Å². The van der Waals surface area contributed by atoms with Crippen LogP contribution in [0.5, 0.6) is 0 Å². The van der Waals surface area contributed by atoms with Gasteiger partial charge in [0.05, 0.1) is 19.3 Å². The zero-order valence-corrected chi connectivity index (χ0v) is 15.8. The molecule has 1 aliphatic rings. The second-order valence-electron chi connectivity index (χ2n) is 7.34. The Hall–Kier alpha value is -2.02. The average Bonchev–Trinajstić information content (AvgIpc) is 2.56. The Labute approximate surface area is 149 Å². The molecule has 0 bridgehead atoms. The maximum atomic E-state index is 11.7. The van der Waals surface area contributed by atoms with E-state index in [0.717, 1.165) is 5.56 Å². The van der Waals surface area contributed by atoms with E-state index in [1.807, 2.05) is 24.0 Å². The first kappa shape index (κ1) is 19.3. The normalized spacial score (nSPS) is 22.0. The van der Waals surface area contributed by atoms with Gasteiger partial charge in [0.2, 0.25) is 0 Å². The van der Waals surface area contributed by atoms with E-state index >= 15 is 0 Å². The summed E-state index contributed by atoms with van der Waals surface area (Å²) >= 11 is 0. The lowest BCUT2D eigenvalue weighted by atomic mass is 10.1. The lowest BCUT2D eigenvalue weighted by molar-refractivity contribution is -0.507. The van der Waals surface area contributed by atoms with Crippen molar-refractivity contribution < 1.29 is 4.92 Å². The van der Waals surface area contributed by atoms with Gasteiger partial charge >= 0.3 is 0 Å². The summed E-state index contributed by atoms with van der Waals surface area (Å²) in [5.41, 5.74) is 1.03. The average molecular weight is 347 g/mol. The highest BCUT2D eigenvalue weighted by molar-refractivity contribution is 5.87. The van der Waals surface area contributed by atoms with E-state index in [9.17, 15) is 10.1 Å². The predicted molar refractivity (Wildman–Crippen MR) is 99.0 cm³/mol. The summed E-state index contributed by atoms with van der Waals surface area (Å²) < 4.78 is 0. The summed E-state index contributed by atoms with van der Waals surface area (Å²) in [5, 5.41) is 11.7. The molecule has 1 saturated heterocycles. The largest absolute Gasteiger partial charge is 0.337 e. The molecule has 7 heteroatoms. The first-order chi connectivity index (χ1) is 11.8. The van der Waals surface area contributed by atoms with Crippen LogP contribution in [0.3, 0.4) is 0 Å². The fourth-order valence-corrected chi connectivity index (χ4v) is 2.77. The number of nitrogens with zero attached hydrogens (tertiary/aromatic N) is 5. The van der Waals surface area contributed by atoms with Crippen molar-refractivity contribution in [3.8, 4) is 0 Å². The molecule has 0 N–H and O–H groups in total. The van der Waals surface area contributed by atoms with Crippen molar-refractivity contribution in [1.82, 2.24) is 14.8 Å². The molecule has 1 aromatic rings. The van der Waals surface area contributed by atoms with Gasteiger partial charge in [0.1, 0.15) is 0 Å². The van der Waals surface area contributed by atoms with Crippen molar-refractivity contribution in [2.24, 2.45) is 10.9 Å². The first-order valence-electron chi connectivity index (χ1n) is 8.88. The second-order valence-corrected chi connectivity index (χ2v) is 7.34. The van der Waals surface area contributed by atoms with Crippen LogP contribution in [0.1, 0.15) is 40.2 Å². The van der Waals surface area contributed by atoms with Gasteiger partial charge in [0.25, 0.3) is 6.04 Å². The van der Waals surface area contributed by atoms with Gasteiger partial charge < -0.3 is 4.90 Å². The molecule has 0 amide bonds. The monoisotopic (exact) mass is 347 g/mol. The van der Waals surface area contributed by atoms with Crippen LogP contribution in [0.25, 0.3) is 0 Å². The van der Waals surface area contributed by atoms with Gasteiger partial charge in [0, 0.05) is 29.9 Å². The van der Waals surface area contributed by atoms with Crippen molar-refractivity contribution in [3.05, 3.63) is 40.2 Å². The van der Waals surface area contributed by atoms with Crippen LogP contribution in [0.15, 0.2) is 29.5 Å². The highest BCUT2D eigenvalue weighted by atomic mass is 16.6. The van der Waals surface area contributed by atoms with Crippen molar-refractivity contribution in [2.75, 3.05) is 13.2 Å². The minimum atomic E-state index is -0.797. The van der Waals surface area contributed by atoms with Crippen LogP contribution in [0.2, 0.25) is 0 Å². The lowest BCUT2D eigenvalue weighted by Gasteiger charge is -2.41. The van der Waals surface area contributed by atoms with Gasteiger partial charge in [-0.3, -0.25) is 25.0 Å². The quantitative estimate of drug-likeness (QED) is 0.584. The fourth-order valence-electron chi connectivity index (χ4n) is 2.77. The zero-order chi connectivity index (χ0) is 18.6. The van der Waals surface area contributed by atoms with Crippen LogP contribution < -0.4 is 0 Å². The first-order valence-corrected chi connectivity index (χ1v) is 8.88. The minimum absolute atomic E-state index is 0.0412. The Morgan fingerprint density at radius 2 is 2.08 bits per heavy atom. The summed E-state index contributed by atoms with van der Waals surface area (Å²) in [4.78, 5) is 24.6. The molecule has 0 aliphatic carbocycles. The summed E-state index contributed by atoms with van der Waals surface area (Å²) in [6, 6.07) is 3.36. The molecule has 0 saturated carbocycles. The Balaban J connectivity index is 2.37. The molecule has 0 radical (unpaired) electrons. The minimum Gasteiger partial charge on any atom is -0.337 e. The van der Waals surface area contributed by atoms with E-state index in [4.69, 9.17) is 4.99 Å². The Morgan fingerprint density at radius 3 is 2.60 bits per heavy atom. The Kier molecular flexibility index (Phi) is 6.47. The molecule has 1 aliphatic heterocycles. The van der Waals surface area contributed by atoms with Crippen molar-refractivity contribution in [2.45, 2.75) is 59.3 Å². The molecule has 2 rings (SSSR count). The molecule has 0 aromatic carbocycles. The number of rotatable bonds is 6. The van der Waals surface area contributed by atoms with Crippen LogP contribution in [-0.4, -0.2) is 56.9 Å². The van der Waals surface area contributed by atoms with E-state index in [2.05, 4.69) is 37.6 Å². The van der Waals surface area contributed by atoms with Gasteiger partial charge in [-0.2, -0.15) is 0 Å². The fraction of sp³-hybridized carbons (Fsp3) is 0.667. The van der Waals surface area contributed by atoms with E-state index in [1.54, 1.807) is 12.4 Å². The van der Waals surface area contributed by atoms with Crippen molar-refractivity contribution in [3.63, 3.8) is 0 Å². The Morgan fingerprint density at radius 1 is 1.36 bits per heavy atom. The summed E-state index contributed by atoms with van der Waals surface area (Å²) in [5.74, 6) is 0.926. The van der Waals surface area contributed by atoms with Crippen LogP contribution >= 0.6 is 0 Å². The number of pyridine rings is 1. The molecule has 0 spiro atoms. The summed E-state index contributed by atoms with van der Waals surface area (Å²) in [7, 11) is 0. The van der Waals surface area contributed by atoms with E-state index in [0.29, 0.717) is 31.5 Å². The van der Waals surface area contributed by atoms with Gasteiger partial charge in [-0.05, 0) is 38.3 Å². The van der Waals surface area contributed by atoms with Crippen LogP contribution in [0.4, 0.5) is 0 Å². The number of aromatic nitrogens is 1. The molecule has 138 valence electrons. The summed E-state index contributed by atoms with van der Waals surface area (Å²) in [6.45, 7) is 11.9. The smallest absolute Gasteiger partial charge is 0.281 e. The third kappa shape index (κ3) is 4.98. The lowest BCUT2D eigenvalue weighted by Crippen LogP contribution is -2.59. The second kappa shape index (κ2) is 8.38. The molecule has 2 unspecified atom stereocenters. The van der Waals surface area contributed by atoms with E-state index < -0.39 is 6.04 Å². The van der Waals surface area contributed by atoms with Crippen LogP contribution in [-0.2, 0) is 6.54 Å². The highest BCUT2D eigenvalue weighted by Gasteiger charge is 2.40. The number of amidine groups is 1. The number of hydrogen-bond donors (Lipinski definition) is 0. The van der Waals surface area contributed by atoms with Crippen molar-refractivity contribution >= 4 is 5.84 Å². The van der Waals surface area contributed by atoms with Gasteiger partial charge in [-0.15, -0.1) is 0 Å². The maximum Gasteiger partial charge on any atom is 0.281 e. The summed E-state index contributed by atoms with van der Waals surface area (Å²) in [6.07, 6.45) is 3.54. The molecule has 2 atom stereocenters. The predicted octanol–water partition coefficient (Wildman–Crippen LogP) is 2.65. The van der Waals surface area contributed by atoms with Crippen LogP contribution in [0, 0.1) is 16.0 Å². The third-order valence-corrected chi connectivity index (χ3v) is 4.76. The number of hydrogen-bond acceptors (Lipinski definition) is 5. The molecule has 25 heavy (non-hydrogen) atoms. The zero-order valence-electron chi connectivity index (χ0n) is 15.8. The van der Waals surface area contributed by atoms with E-state index in [1.165, 1.54) is 0 Å². The van der Waals surface area contributed by atoms with Gasteiger partial charge in [0.15, 0.2) is 5.84 Å². The molecule has 1 aromatic heterocycles. The number of nitro groups is 1. The maximum absolute atomic E-state index is 11.7. The van der Waals surface area contributed by atoms with Gasteiger partial charge in [-0.1, -0.05) is 19.9 Å². The Bertz CT molecular complexity index is 603. The number of aliphatic imine (C=N–C) groups is 1. The standard InChI is InChI=1S/C18H29N5O2/c1-13(2)15(5)20-18-17(23(24)25)11-21(14(3)4)12-22(18)10-16-7-6-8-19-9-16/h6-9,13-15,17H,10-12H2,1-5H3. The molecular formula is C18H29N5O2. The van der Waals surface area contributed by atoms with Gasteiger partial charge in [-0.25, -0.2) is 0 Å². The highest BCUT2D eigenvalue weighted by Crippen LogP contribution is 2.19. The SMILES string of the molecule is CC(C)C(C)N=C1C([N+](=O)[O-])CN(C(C)C)CN1Cc1cccnc1.